The molecule has 0 aromatic carbocycles. The zero-order chi connectivity index (χ0) is 14.9. The van der Waals surface area contributed by atoms with E-state index in [1.165, 1.54) is 51.9 Å². The number of hydrogen-bond donors (Lipinski definition) is 0. The van der Waals surface area contributed by atoms with Gasteiger partial charge in [0.1, 0.15) is 0 Å². The second kappa shape index (κ2) is 16.0. The number of rotatable bonds is 13. The van der Waals surface area contributed by atoms with E-state index in [-0.39, 0.29) is 5.97 Å². The highest BCUT2D eigenvalue weighted by Gasteiger charge is 1.92. The standard InChI is InChI=1S/C18H32O2/c1-3-4-5-6-7-8-9-10-11-12-13-14-15-16-17-20-18(2)19/h8-11H,3-7,12-17H2,1-2H3/b9-8+,11-10+. The number of carbonyl (C=O) groups is 1. The van der Waals surface area contributed by atoms with Gasteiger partial charge in [0, 0.05) is 6.92 Å². The molecule has 0 aromatic heterocycles. The summed E-state index contributed by atoms with van der Waals surface area (Å²) in [5, 5.41) is 0. The summed E-state index contributed by atoms with van der Waals surface area (Å²) in [5.41, 5.74) is 0. The van der Waals surface area contributed by atoms with Crippen molar-refractivity contribution in [3.63, 3.8) is 0 Å². The maximum absolute atomic E-state index is 10.5. The predicted octanol–water partition coefficient (Wildman–Crippen LogP) is 5.58. The van der Waals surface area contributed by atoms with Crippen LogP contribution >= 0.6 is 0 Å². The lowest BCUT2D eigenvalue weighted by molar-refractivity contribution is -0.141. The van der Waals surface area contributed by atoms with Crippen LogP contribution in [0, 0.1) is 0 Å². The van der Waals surface area contributed by atoms with E-state index in [0.717, 1.165) is 19.3 Å². The molecule has 0 saturated carbocycles. The molecule has 0 fully saturated rings. The van der Waals surface area contributed by atoms with Crippen LogP contribution in [0.3, 0.4) is 0 Å². The summed E-state index contributed by atoms with van der Waals surface area (Å²) in [6.07, 6.45) is 21.1. The molecule has 0 unspecified atom stereocenters. The summed E-state index contributed by atoms with van der Waals surface area (Å²) in [6, 6.07) is 0. The fourth-order valence-corrected chi connectivity index (χ4v) is 1.97. The fraction of sp³-hybridized carbons (Fsp3) is 0.722. The molecule has 0 spiro atoms. The van der Waals surface area contributed by atoms with Crippen molar-refractivity contribution in [2.24, 2.45) is 0 Å². The summed E-state index contributed by atoms with van der Waals surface area (Å²) in [5.74, 6) is -0.172. The number of ether oxygens (including phenoxy) is 1. The molecule has 0 N–H and O–H groups in total. The van der Waals surface area contributed by atoms with Crippen molar-refractivity contribution in [2.45, 2.75) is 78.1 Å². The van der Waals surface area contributed by atoms with Crippen LogP contribution in [0.4, 0.5) is 0 Å². The van der Waals surface area contributed by atoms with Gasteiger partial charge in [-0.1, -0.05) is 63.3 Å². The molecule has 0 aliphatic heterocycles. The molecule has 0 heterocycles. The molecule has 0 radical (unpaired) electrons. The van der Waals surface area contributed by atoms with Crippen LogP contribution in [0.25, 0.3) is 0 Å². The summed E-state index contributed by atoms with van der Waals surface area (Å²) in [7, 11) is 0. The molecule has 2 nitrogen and oxygen atoms in total. The second-order valence-corrected chi connectivity index (χ2v) is 5.25. The van der Waals surface area contributed by atoms with Crippen LogP contribution in [0.2, 0.25) is 0 Å². The van der Waals surface area contributed by atoms with Gasteiger partial charge in [0.05, 0.1) is 6.61 Å². The third-order valence-corrected chi connectivity index (χ3v) is 3.18. The lowest BCUT2D eigenvalue weighted by atomic mass is 10.1. The van der Waals surface area contributed by atoms with Gasteiger partial charge < -0.3 is 4.74 Å². The average molecular weight is 280 g/mol. The van der Waals surface area contributed by atoms with E-state index in [4.69, 9.17) is 4.74 Å². The Morgan fingerprint density at radius 2 is 1.40 bits per heavy atom. The molecule has 0 amide bonds. The summed E-state index contributed by atoms with van der Waals surface area (Å²) in [6.45, 7) is 4.28. The topological polar surface area (TPSA) is 26.3 Å². The lowest BCUT2D eigenvalue weighted by Gasteiger charge is -2.00. The first-order valence-corrected chi connectivity index (χ1v) is 8.22. The molecule has 20 heavy (non-hydrogen) atoms. The Labute approximate surface area is 125 Å². The molecule has 0 aliphatic carbocycles. The predicted molar refractivity (Wildman–Crippen MR) is 86.8 cm³/mol. The van der Waals surface area contributed by atoms with Gasteiger partial charge in [-0.2, -0.15) is 0 Å². The SMILES string of the molecule is CCCCCC/C=C/C=C/CCCCCCOC(C)=O. The van der Waals surface area contributed by atoms with Gasteiger partial charge in [-0.15, -0.1) is 0 Å². The van der Waals surface area contributed by atoms with Crippen LogP contribution in [0.15, 0.2) is 24.3 Å². The number of esters is 1. The maximum atomic E-state index is 10.5. The Hall–Kier alpha value is -1.05. The van der Waals surface area contributed by atoms with E-state index in [9.17, 15) is 4.79 Å². The summed E-state index contributed by atoms with van der Waals surface area (Å²) < 4.78 is 4.89. The van der Waals surface area contributed by atoms with E-state index in [1.807, 2.05) is 0 Å². The first-order chi connectivity index (χ1) is 9.77. The van der Waals surface area contributed by atoms with E-state index >= 15 is 0 Å². The molecule has 0 aliphatic rings. The van der Waals surface area contributed by atoms with Gasteiger partial charge in [-0.25, -0.2) is 0 Å². The van der Waals surface area contributed by atoms with Gasteiger partial charge in [-0.3, -0.25) is 4.79 Å². The second-order valence-electron chi connectivity index (χ2n) is 5.25. The van der Waals surface area contributed by atoms with Crippen LogP contribution in [0.5, 0.6) is 0 Å². The molecule has 0 bridgehead atoms. The number of carbonyl (C=O) groups excluding carboxylic acids is 1. The minimum absolute atomic E-state index is 0.172. The van der Waals surface area contributed by atoms with Crippen molar-refractivity contribution in [1.82, 2.24) is 0 Å². The van der Waals surface area contributed by atoms with Gasteiger partial charge in [0.2, 0.25) is 0 Å². The largest absolute Gasteiger partial charge is 0.466 e. The fourth-order valence-electron chi connectivity index (χ4n) is 1.97. The Morgan fingerprint density at radius 1 is 0.850 bits per heavy atom. The van der Waals surface area contributed by atoms with E-state index < -0.39 is 0 Å². The van der Waals surface area contributed by atoms with Crippen molar-refractivity contribution in [3.05, 3.63) is 24.3 Å². The first-order valence-electron chi connectivity index (χ1n) is 8.22. The smallest absolute Gasteiger partial charge is 0.302 e. The van der Waals surface area contributed by atoms with Crippen molar-refractivity contribution in [3.8, 4) is 0 Å². The minimum atomic E-state index is -0.172. The van der Waals surface area contributed by atoms with Crippen molar-refractivity contribution in [2.75, 3.05) is 6.61 Å². The van der Waals surface area contributed by atoms with Crippen LogP contribution in [0.1, 0.15) is 78.1 Å². The minimum Gasteiger partial charge on any atom is -0.466 e. The molecule has 116 valence electrons. The zero-order valence-corrected chi connectivity index (χ0v) is 13.4. The molecular formula is C18H32O2. The Morgan fingerprint density at radius 3 is 1.95 bits per heavy atom. The highest BCUT2D eigenvalue weighted by atomic mass is 16.5. The highest BCUT2D eigenvalue weighted by molar-refractivity contribution is 5.65. The van der Waals surface area contributed by atoms with E-state index in [1.54, 1.807) is 0 Å². The molecule has 0 atom stereocenters. The number of unbranched alkanes of at least 4 members (excludes halogenated alkanes) is 8. The van der Waals surface area contributed by atoms with Gasteiger partial charge in [0.15, 0.2) is 0 Å². The lowest BCUT2D eigenvalue weighted by Crippen LogP contribution is -1.99. The quantitative estimate of drug-likeness (QED) is 0.250. The molecule has 0 saturated heterocycles. The van der Waals surface area contributed by atoms with Crippen LogP contribution in [-0.2, 0) is 9.53 Å². The molecule has 2 heteroatoms. The monoisotopic (exact) mass is 280 g/mol. The first kappa shape index (κ1) is 18.9. The van der Waals surface area contributed by atoms with Crippen molar-refractivity contribution >= 4 is 5.97 Å². The van der Waals surface area contributed by atoms with Crippen LogP contribution in [-0.4, -0.2) is 12.6 Å². The number of allylic oxidation sites excluding steroid dienone is 4. The number of hydrogen-bond acceptors (Lipinski definition) is 2. The maximum Gasteiger partial charge on any atom is 0.302 e. The summed E-state index contributed by atoms with van der Waals surface area (Å²) in [4.78, 5) is 10.5. The molecular weight excluding hydrogens is 248 g/mol. The highest BCUT2D eigenvalue weighted by Crippen LogP contribution is 2.05. The van der Waals surface area contributed by atoms with Gasteiger partial charge in [0.25, 0.3) is 0 Å². The Balaban J connectivity index is 3.19. The Kier molecular flexibility index (Phi) is 15.2. The van der Waals surface area contributed by atoms with Gasteiger partial charge >= 0.3 is 5.97 Å². The third kappa shape index (κ3) is 16.9. The van der Waals surface area contributed by atoms with Gasteiger partial charge in [-0.05, 0) is 32.1 Å². The normalized spacial score (nSPS) is 11.5. The summed E-state index contributed by atoms with van der Waals surface area (Å²) >= 11 is 0. The molecule has 0 rings (SSSR count). The van der Waals surface area contributed by atoms with E-state index in [2.05, 4.69) is 31.2 Å². The van der Waals surface area contributed by atoms with Crippen LogP contribution < -0.4 is 0 Å². The third-order valence-electron chi connectivity index (χ3n) is 3.18. The zero-order valence-electron chi connectivity index (χ0n) is 13.4. The van der Waals surface area contributed by atoms with Crippen molar-refractivity contribution in [1.29, 1.82) is 0 Å². The van der Waals surface area contributed by atoms with E-state index in [0.29, 0.717) is 6.61 Å². The molecule has 0 aromatic rings. The average Bonchev–Trinajstić information content (AvgIpc) is 2.43. The van der Waals surface area contributed by atoms with Crippen molar-refractivity contribution < 1.29 is 9.53 Å². The Bertz CT molecular complexity index is 267.